The van der Waals surface area contributed by atoms with Crippen LogP contribution in [0, 0.1) is 5.92 Å². The molecule has 0 aromatic rings. The van der Waals surface area contributed by atoms with Crippen LogP contribution in [0.3, 0.4) is 0 Å². The Balaban J connectivity index is 2.03. The SMILES string of the molecule is O=CC1CON2CCCCC12. The molecule has 0 spiro atoms. The Kier molecular flexibility index (Phi) is 1.92. The first-order valence-electron chi connectivity index (χ1n) is 4.26. The summed E-state index contributed by atoms with van der Waals surface area (Å²) in [5.41, 5.74) is 0. The molecule has 0 N–H and O–H groups in total. The molecule has 0 bridgehead atoms. The number of piperidine rings is 1. The fourth-order valence-electron chi connectivity index (χ4n) is 1.94. The first kappa shape index (κ1) is 7.25. The lowest BCUT2D eigenvalue weighted by atomic mass is 9.95. The molecule has 3 heteroatoms. The maximum atomic E-state index is 10.6. The summed E-state index contributed by atoms with van der Waals surface area (Å²) in [7, 11) is 0. The highest BCUT2D eigenvalue weighted by molar-refractivity contribution is 5.55. The Morgan fingerprint density at radius 2 is 2.36 bits per heavy atom. The molecule has 2 rings (SSSR count). The van der Waals surface area contributed by atoms with Crippen LogP contribution in [0.4, 0.5) is 0 Å². The summed E-state index contributed by atoms with van der Waals surface area (Å²) in [6.07, 6.45) is 4.62. The van der Waals surface area contributed by atoms with Crippen molar-refractivity contribution in [2.75, 3.05) is 13.2 Å². The standard InChI is InChI=1S/C8H13NO2/c10-5-7-6-11-9-4-2-1-3-8(7)9/h5,7-8H,1-4,6H2. The molecule has 11 heavy (non-hydrogen) atoms. The molecule has 62 valence electrons. The van der Waals surface area contributed by atoms with Gasteiger partial charge in [-0.05, 0) is 12.8 Å². The van der Waals surface area contributed by atoms with Gasteiger partial charge in [0, 0.05) is 12.6 Å². The van der Waals surface area contributed by atoms with E-state index in [0.717, 1.165) is 19.3 Å². The lowest BCUT2D eigenvalue weighted by Gasteiger charge is -2.28. The average Bonchev–Trinajstić information content (AvgIpc) is 2.47. The van der Waals surface area contributed by atoms with Crippen LogP contribution in [0.15, 0.2) is 0 Å². The third kappa shape index (κ3) is 1.19. The molecule has 3 nitrogen and oxygen atoms in total. The second kappa shape index (κ2) is 2.91. The van der Waals surface area contributed by atoms with Gasteiger partial charge < -0.3 is 4.79 Å². The van der Waals surface area contributed by atoms with Gasteiger partial charge in [-0.3, -0.25) is 4.84 Å². The molecule has 0 amide bonds. The van der Waals surface area contributed by atoms with Crippen molar-refractivity contribution in [3.63, 3.8) is 0 Å². The van der Waals surface area contributed by atoms with Crippen molar-refractivity contribution in [1.82, 2.24) is 5.06 Å². The van der Waals surface area contributed by atoms with Gasteiger partial charge in [-0.15, -0.1) is 0 Å². The average molecular weight is 155 g/mol. The van der Waals surface area contributed by atoms with Crippen molar-refractivity contribution < 1.29 is 9.63 Å². The molecule has 0 saturated carbocycles. The van der Waals surface area contributed by atoms with Gasteiger partial charge in [0.25, 0.3) is 0 Å². The fraction of sp³-hybridized carbons (Fsp3) is 0.875. The van der Waals surface area contributed by atoms with Crippen molar-refractivity contribution in [2.45, 2.75) is 25.3 Å². The maximum Gasteiger partial charge on any atom is 0.127 e. The molecule has 0 aromatic carbocycles. The summed E-state index contributed by atoms with van der Waals surface area (Å²) >= 11 is 0. The lowest BCUT2D eigenvalue weighted by Crippen LogP contribution is -2.36. The van der Waals surface area contributed by atoms with Gasteiger partial charge in [-0.1, -0.05) is 6.42 Å². The summed E-state index contributed by atoms with van der Waals surface area (Å²) in [4.78, 5) is 15.9. The molecule has 2 fully saturated rings. The monoisotopic (exact) mass is 155 g/mol. The Morgan fingerprint density at radius 3 is 3.18 bits per heavy atom. The number of rotatable bonds is 1. The summed E-state index contributed by atoms with van der Waals surface area (Å²) < 4.78 is 0. The Bertz CT molecular complexity index is 160. The number of hydrogen-bond acceptors (Lipinski definition) is 3. The summed E-state index contributed by atoms with van der Waals surface area (Å²) in [5.74, 6) is 0.135. The first-order valence-corrected chi connectivity index (χ1v) is 4.26. The van der Waals surface area contributed by atoms with Gasteiger partial charge >= 0.3 is 0 Å². The Labute approximate surface area is 66.3 Å². The maximum absolute atomic E-state index is 10.6. The third-order valence-electron chi connectivity index (χ3n) is 2.60. The zero-order chi connectivity index (χ0) is 7.68. The summed E-state index contributed by atoms with van der Waals surface area (Å²) in [6.45, 7) is 1.61. The molecule has 0 radical (unpaired) electrons. The van der Waals surface area contributed by atoms with Gasteiger partial charge in [0.2, 0.25) is 0 Å². The van der Waals surface area contributed by atoms with Crippen molar-refractivity contribution in [2.24, 2.45) is 5.92 Å². The van der Waals surface area contributed by atoms with E-state index in [9.17, 15) is 4.79 Å². The van der Waals surface area contributed by atoms with E-state index in [1.807, 2.05) is 5.06 Å². The van der Waals surface area contributed by atoms with E-state index >= 15 is 0 Å². The number of aldehydes is 1. The van der Waals surface area contributed by atoms with Crippen LogP contribution in [0.2, 0.25) is 0 Å². The third-order valence-corrected chi connectivity index (χ3v) is 2.60. The van der Waals surface area contributed by atoms with E-state index in [0.29, 0.717) is 12.6 Å². The van der Waals surface area contributed by atoms with Crippen molar-refractivity contribution >= 4 is 6.29 Å². The molecule has 0 aromatic heterocycles. The van der Waals surface area contributed by atoms with E-state index in [2.05, 4.69) is 0 Å². The van der Waals surface area contributed by atoms with Gasteiger partial charge in [-0.2, -0.15) is 5.06 Å². The predicted octanol–water partition coefficient (Wildman–Crippen LogP) is 0.601. The van der Waals surface area contributed by atoms with E-state index in [4.69, 9.17) is 4.84 Å². The highest BCUT2D eigenvalue weighted by atomic mass is 16.7. The topological polar surface area (TPSA) is 29.5 Å². The fourth-order valence-corrected chi connectivity index (χ4v) is 1.94. The lowest BCUT2D eigenvalue weighted by molar-refractivity contribution is -0.142. The van der Waals surface area contributed by atoms with Crippen molar-refractivity contribution in [3.05, 3.63) is 0 Å². The minimum absolute atomic E-state index is 0.135. The second-order valence-electron chi connectivity index (χ2n) is 3.30. The normalized spacial score (nSPS) is 38.5. The van der Waals surface area contributed by atoms with E-state index < -0.39 is 0 Å². The molecule has 2 saturated heterocycles. The predicted molar refractivity (Wildman–Crippen MR) is 39.9 cm³/mol. The zero-order valence-electron chi connectivity index (χ0n) is 6.53. The van der Waals surface area contributed by atoms with Crippen molar-refractivity contribution in [1.29, 1.82) is 0 Å². The van der Waals surface area contributed by atoms with Gasteiger partial charge in [0.15, 0.2) is 0 Å². The van der Waals surface area contributed by atoms with Gasteiger partial charge in [0.05, 0.1) is 12.5 Å². The zero-order valence-corrected chi connectivity index (χ0v) is 6.53. The molecular formula is C8H13NO2. The van der Waals surface area contributed by atoms with Crippen LogP contribution in [0.25, 0.3) is 0 Å². The highest BCUT2D eigenvalue weighted by Crippen LogP contribution is 2.28. The van der Waals surface area contributed by atoms with Crippen LogP contribution >= 0.6 is 0 Å². The number of nitrogens with zero attached hydrogens (tertiary/aromatic N) is 1. The van der Waals surface area contributed by atoms with Crippen LogP contribution in [0.1, 0.15) is 19.3 Å². The largest absolute Gasteiger partial charge is 0.303 e. The summed E-state index contributed by atoms with van der Waals surface area (Å²) in [5, 5.41) is 1.99. The molecule has 2 aliphatic rings. The van der Waals surface area contributed by atoms with Crippen LogP contribution < -0.4 is 0 Å². The van der Waals surface area contributed by atoms with Gasteiger partial charge in [0.1, 0.15) is 6.29 Å². The summed E-state index contributed by atoms with van der Waals surface area (Å²) in [6, 6.07) is 0.390. The minimum Gasteiger partial charge on any atom is -0.303 e. The van der Waals surface area contributed by atoms with Crippen LogP contribution in [-0.4, -0.2) is 30.5 Å². The van der Waals surface area contributed by atoms with Crippen molar-refractivity contribution in [3.8, 4) is 0 Å². The first-order chi connectivity index (χ1) is 5.42. The van der Waals surface area contributed by atoms with E-state index in [-0.39, 0.29) is 5.92 Å². The molecule has 2 heterocycles. The number of carbonyl (C=O) groups is 1. The number of hydroxylamine groups is 2. The molecule has 0 aliphatic carbocycles. The number of fused-ring (bicyclic) bond motifs is 1. The number of hydrogen-bond donors (Lipinski definition) is 0. The Morgan fingerprint density at radius 1 is 1.45 bits per heavy atom. The Hall–Kier alpha value is -0.410. The van der Waals surface area contributed by atoms with Crippen LogP contribution in [0.5, 0.6) is 0 Å². The van der Waals surface area contributed by atoms with Crippen LogP contribution in [-0.2, 0) is 9.63 Å². The number of carbonyl (C=O) groups excluding carboxylic acids is 1. The second-order valence-corrected chi connectivity index (χ2v) is 3.30. The highest BCUT2D eigenvalue weighted by Gasteiger charge is 2.36. The smallest absolute Gasteiger partial charge is 0.127 e. The van der Waals surface area contributed by atoms with E-state index in [1.165, 1.54) is 12.8 Å². The molecule has 2 unspecified atom stereocenters. The van der Waals surface area contributed by atoms with Gasteiger partial charge in [-0.25, -0.2) is 0 Å². The molecular weight excluding hydrogens is 142 g/mol. The quantitative estimate of drug-likeness (QED) is 0.519. The molecule has 2 aliphatic heterocycles. The molecule has 2 atom stereocenters. The van der Waals surface area contributed by atoms with E-state index in [1.54, 1.807) is 0 Å². The minimum atomic E-state index is 0.135.